The molecule has 1 rings (SSSR count). The summed E-state index contributed by atoms with van der Waals surface area (Å²) in [7, 11) is 1.83. The first-order valence-corrected chi connectivity index (χ1v) is 9.19. The van der Waals surface area contributed by atoms with Crippen LogP contribution in [0.2, 0.25) is 0 Å². The van der Waals surface area contributed by atoms with Crippen molar-refractivity contribution in [3.8, 4) is 0 Å². The van der Waals surface area contributed by atoms with Crippen molar-refractivity contribution < 1.29 is 0 Å². The first-order chi connectivity index (χ1) is 10.3. The van der Waals surface area contributed by atoms with Crippen LogP contribution >= 0.6 is 35.7 Å². The molecular weight excluding hydrogens is 405 g/mol. The van der Waals surface area contributed by atoms with Crippen LogP contribution in [0.25, 0.3) is 0 Å². The Morgan fingerprint density at radius 3 is 2.50 bits per heavy atom. The van der Waals surface area contributed by atoms with Crippen LogP contribution in [0.15, 0.2) is 35.3 Å². The molecule has 0 saturated carbocycles. The average Bonchev–Trinajstić information content (AvgIpc) is 2.54. The molecule has 0 aliphatic heterocycles. The Labute approximate surface area is 157 Å². The lowest BCUT2D eigenvalue weighted by Gasteiger charge is -2.18. The molecule has 5 heteroatoms. The Kier molecular flexibility index (Phi) is 13.9. The molecule has 0 amide bonds. The molecular formula is C17H30IN3S. The first-order valence-electron chi connectivity index (χ1n) is 7.80. The smallest absolute Gasteiger partial charge is 0.190 e. The van der Waals surface area contributed by atoms with Gasteiger partial charge in [0.2, 0.25) is 0 Å². The normalized spacial score (nSPS) is 12.4. The number of nitrogens with zero attached hydrogens (tertiary/aromatic N) is 1. The van der Waals surface area contributed by atoms with E-state index in [1.54, 1.807) is 0 Å². The molecule has 0 aromatic heterocycles. The van der Waals surface area contributed by atoms with Crippen molar-refractivity contribution in [1.29, 1.82) is 0 Å². The molecule has 0 heterocycles. The molecule has 0 aliphatic carbocycles. The molecule has 2 N–H and O–H groups in total. The summed E-state index contributed by atoms with van der Waals surface area (Å²) in [5, 5.41) is 6.83. The number of unbranched alkanes of at least 4 members (excludes halogenated alkanes) is 1. The van der Waals surface area contributed by atoms with Crippen LogP contribution in [0.5, 0.6) is 0 Å². The Hall–Kier alpha value is -0.430. The van der Waals surface area contributed by atoms with Gasteiger partial charge in [-0.1, -0.05) is 37.3 Å². The standard InChI is InChI=1S/C17H29N3S.HI/c1-4-15(16-10-6-5-7-11-16)14-20-17(18-2)19-12-8-9-13-21-3;/h5-7,10-11,15H,4,8-9,12-14H2,1-3H3,(H2,18,19,20);1H. The van der Waals surface area contributed by atoms with Crippen LogP contribution in [0, 0.1) is 0 Å². The van der Waals surface area contributed by atoms with Crippen LogP contribution in [0.3, 0.4) is 0 Å². The third kappa shape index (κ3) is 8.88. The number of hydrogen-bond acceptors (Lipinski definition) is 2. The molecule has 0 radical (unpaired) electrons. The molecule has 0 saturated heterocycles. The van der Waals surface area contributed by atoms with E-state index >= 15 is 0 Å². The van der Waals surface area contributed by atoms with Crippen LogP contribution in [-0.2, 0) is 0 Å². The number of thioether (sulfide) groups is 1. The lowest BCUT2D eigenvalue weighted by molar-refractivity contribution is 0.627. The van der Waals surface area contributed by atoms with Gasteiger partial charge in [0.1, 0.15) is 0 Å². The van der Waals surface area contributed by atoms with Crippen molar-refractivity contribution in [2.45, 2.75) is 32.1 Å². The highest BCUT2D eigenvalue weighted by atomic mass is 127. The van der Waals surface area contributed by atoms with Gasteiger partial charge in [-0.25, -0.2) is 0 Å². The third-order valence-corrected chi connectivity index (χ3v) is 4.27. The summed E-state index contributed by atoms with van der Waals surface area (Å²) in [4.78, 5) is 4.29. The second-order valence-electron chi connectivity index (χ2n) is 5.10. The molecule has 1 aromatic rings. The predicted molar refractivity (Wildman–Crippen MR) is 112 cm³/mol. The maximum absolute atomic E-state index is 4.29. The summed E-state index contributed by atoms with van der Waals surface area (Å²) in [6, 6.07) is 10.7. The maximum atomic E-state index is 4.29. The number of benzene rings is 1. The second kappa shape index (κ2) is 14.2. The number of hydrogen-bond donors (Lipinski definition) is 2. The molecule has 0 spiro atoms. The number of guanidine groups is 1. The van der Waals surface area contributed by atoms with Crippen LogP contribution < -0.4 is 10.6 Å². The highest BCUT2D eigenvalue weighted by Gasteiger charge is 2.09. The minimum absolute atomic E-state index is 0. The number of halogens is 1. The highest BCUT2D eigenvalue weighted by Crippen LogP contribution is 2.17. The van der Waals surface area contributed by atoms with Gasteiger partial charge < -0.3 is 10.6 Å². The monoisotopic (exact) mass is 435 g/mol. The van der Waals surface area contributed by atoms with E-state index in [-0.39, 0.29) is 24.0 Å². The summed E-state index contributed by atoms with van der Waals surface area (Å²) in [6.07, 6.45) is 5.73. The van der Waals surface area contributed by atoms with Gasteiger partial charge in [-0.05, 0) is 36.8 Å². The Morgan fingerprint density at radius 1 is 1.18 bits per heavy atom. The summed E-state index contributed by atoms with van der Waals surface area (Å²) >= 11 is 1.91. The van der Waals surface area contributed by atoms with Crippen LogP contribution in [-0.4, -0.2) is 38.1 Å². The largest absolute Gasteiger partial charge is 0.356 e. The maximum Gasteiger partial charge on any atom is 0.190 e. The van der Waals surface area contributed by atoms with Gasteiger partial charge in [-0.2, -0.15) is 11.8 Å². The van der Waals surface area contributed by atoms with E-state index in [1.807, 2.05) is 18.8 Å². The first kappa shape index (κ1) is 21.6. The van der Waals surface area contributed by atoms with E-state index in [0.717, 1.165) is 25.5 Å². The highest BCUT2D eigenvalue weighted by molar-refractivity contribution is 14.0. The summed E-state index contributed by atoms with van der Waals surface area (Å²) in [5.41, 5.74) is 1.39. The van der Waals surface area contributed by atoms with Crippen LogP contribution in [0.4, 0.5) is 0 Å². The van der Waals surface area contributed by atoms with Gasteiger partial charge in [0.15, 0.2) is 5.96 Å². The van der Waals surface area contributed by atoms with E-state index in [0.29, 0.717) is 5.92 Å². The third-order valence-electron chi connectivity index (χ3n) is 3.57. The SMILES string of the molecule is CCC(CNC(=NC)NCCCCSC)c1ccccc1.I. The molecule has 1 unspecified atom stereocenters. The van der Waals surface area contributed by atoms with Crippen molar-refractivity contribution in [1.82, 2.24) is 10.6 Å². The average molecular weight is 435 g/mol. The Balaban J connectivity index is 0.00000441. The summed E-state index contributed by atoms with van der Waals surface area (Å²) in [5.74, 6) is 2.68. The van der Waals surface area contributed by atoms with Crippen molar-refractivity contribution in [3.05, 3.63) is 35.9 Å². The lowest BCUT2D eigenvalue weighted by Crippen LogP contribution is -2.39. The second-order valence-corrected chi connectivity index (χ2v) is 6.08. The van der Waals surface area contributed by atoms with Crippen LogP contribution in [0.1, 0.15) is 37.7 Å². The molecule has 0 fully saturated rings. The van der Waals surface area contributed by atoms with E-state index in [2.05, 4.69) is 59.1 Å². The molecule has 22 heavy (non-hydrogen) atoms. The zero-order valence-corrected chi connectivity index (χ0v) is 17.1. The van der Waals surface area contributed by atoms with Crippen molar-refractivity contribution in [2.24, 2.45) is 4.99 Å². The summed E-state index contributed by atoms with van der Waals surface area (Å²) < 4.78 is 0. The van der Waals surface area contributed by atoms with Crippen molar-refractivity contribution in [2.75, 3.05) is 32.1 Å². The van der Waals surface area contributed by atoms with Crippen molar-refractivity contribution in [3.63, 3.8) is 0 Å². The minimum atomic E-state index is 0. The Bertz CT molecular complexity index is 398. The van der Waals surface area contributed by atoms with E-state index < -0.39 is 0 Å². The lowest BCUT2D eigenvalue weighted by atomic mass is 9.97. The van der Waals surface area contributed by atoms with E-state index in [4.69, 9.17) is 0 Å². The number of aliphatic imine (C=N–C) groups is 1. The fraction of sp³-hybridized carbons (Fsp3) is 0.588. The Morgan fingerprint density at radius 2 is 1.91 bits per heavy atom. The minimum Gasteiger partial charge on any atom is -0.356 e. The van der Waals surface area contributed by atoms with E-state index in [9.17, 15) is 0 Å². The predicted octanol–water partition coefficient (Wildman–Crippen LogP) is 4.11. The molecule has 1 aromatic carbocycles. The quantitative estimate of drug-likeness (QED) is 0.265. The molecule has 3 nitrogen and oxygen atoms in total. The van der Waals surface area contributed by atoms with Gasteiger partial charge in [0.25, 0.3) is 0 Å². The van der Waals surface area contributed by atoms with Gasteiger partial charge in [-0.15, -0.1) is 24.0 Å². The zero-order valence-electron chi connectivity index (χ0n) is 14.0. The van der Waals surface area contributed by atoms with Gasteiger partial charge in [-0.3, -0.25) is 4.99 Å². The zero-order chi connectivity index (χ0) is 15.3. The van der Waals surface area contributed by atoms with E-state index in [1.165, 1.54) is 24.2 Å². The van der Waals surface area contributed by atoms with Crippen molar-refractivity contribution >= 4 is 41.7 Å². The topological polar surface area (TPSA) is 36.4 Å². The number of nitrogens with one attached hydrogen (secondary N) is 2. The fourth-order valence-electron chi connectivity index (χ4n) is 2.24. The summed E-state index contributed by atoms with van der Waals surface area (Å²) in [6.45, 7) is 4.14. The molecule has 126 valence electrons. The van der Waals surface area contributed by atoms with Gasteiger partial charge in [0, 0.05) is 26.1 Å². The van der Waals surface area contributed by atoms with Gasteiger partial charge in [0.05, 0.1) is 0 Å². The fourth-order valence-corrected chi connectivity index (χ4v) is 2.73. The molecule has 0 aliphatic rings. The van der Waals surface area contributed by atoms with Gasteiger partial charge >= 0.3 is 0 Å². The molecule has 1 atom stereocenters. The number of rotatable bonds is 9. The molecule has 0 bridgehead atoms.